The number of anilines is 1. The normalized spacial score (nSPS) is 16.6. The molecule has 2 rings (SSSR count). The molecule has 1 aliphatic rings. The van der Waals surface area contributed by atoms with Gasteiger partial charge in [-0.3, -0.25) is 4.79 Å². The SMILES string of the molecule is Cc1cccc(NC(=O)CC2CCSCC2)c1C. The molecule has 1 aliphatic heterocycles. The molecule has 0 spiro atoms. The van der Waals surface area contributed by atoms with E-state index >= 15 is 0 Å². The Morgan fingerprint density at radius 2 is 2.06 bits per heavy atom. The van der Waals surface area contributed by atoms with Gasteiger partial charge in [-0.15, -0.1) is 0 Å². The molecule has 0 aliphatic carbocycles. The molecule has 2 nitrogen and oxygen atoms in total. The van der Waals surface area contributed by atoms with Crippen LogP contribution >= 0.6 is 11.8 Å². The van der Waals surface area contributed by atoms with Crippen LogP contribution in [0.15, 0.2) is 18.2 Å². The Labute approximate surface area is 114 Å². The second-order valence-electron chi connectivity index (χ2n) is 5.06. The number of thioether (sulfide) groups is 1. The van der Waals surface area contributed by atoms with Crippen molar-refractivity contribution in [2.24, 2.45) is 5.92 Å². The summed E-state index contributed by atoms with van der Waals surface area (Å²) in [6.07, 6.45) is 3.05. The Morgan fingerprint density at radius 3 is 2.78 bits per heavy atom. The van der Waals surface area contributed by atoms with E-state index in [1.165, 1.54) is 35.5 Å². The summed E-state index contributed by atoms with van der Waals surface area (Å²) >= 11 is 2.00. The Hall–Kier alpha value is -0.960. The van der Waals surface area contributed by atoms with Gasteiger partial charge in [-0.2, -0.15) is 11.8 Å². The topological polar surface area (TPSA) is 29.1 Å². The molecule has 3 heteroatoms. The summed E-state index contributed by atoms with van der Waals surface area (Å²) in [5.74, 6) is 3.17. The molecule has 1 amide bonds. The van der Waals surface area contributed by atoms with Gasteiger partial charge >= 0.3 is 0 Å². The van der Waals surface area contributed by atoms with Crippen LogP contribution in [-0.2, 0) is 4.79 Å². The predicted octanol–water partition coefficient (Wildman–Crippen LogP) is 3.78. The van der Waals surface area contributed by atoms with E-state index in [1.54, 1.807) is 0 Å². The van der Waals surface area contributed by atoms with Crippen molar-refractivity contribution >= 4 is 23.4 Å². The molecular formula is C15H21NOS. The van der Waals surface area contributed by atoms with Crippen LogP contribution in [0.5, 0.6) is 0 Å². The van der Waals surface area contributed by atoms with E-state index in [0.29, 0.717) is 12.3 Å². The van der Waals surface area contributed by atoms with E-state index < -0.39 is 0 Å². The second kappa shape index (κ2) is 6.28. The molecule has 18 heavy (non-hydrogen) atoms. The first-order valence-electron chi connectivity index (χ1n) is 6.60. The van der Waals surface area contributed by atoms with Crippen molar-refractivity contribution < 1.29 is 4.79 Å². The fourth-order valence-corrected chi connectivity index (χ4v) is 3.50. The minimum absolute atomic E-state index is 0.167. The van der Waals surface area contributed by atoms with E-state index in [9.17, 15) is 4.79 Å². The number of hydrogen-bond acceptors (Lipinski definition) is 2. The number of carbonyl (C=O) groups is 1. The third-order valence-corrected chi connectivity index (χ3v) is 4.74. The lowest BCUT2D eigenvalue weighted by atomic mass is 9.98. The summed E-state index contributed by atoms with van der Waals surface area (Å²) < 4.78 is 0. The van der Waals surface area contributed by atoms with Gasteiger partial charge < -0.3 is 5.32 Å². The fourth-order valence-electron chi connectivity index (χ4n) is 2.30. The first-order chi connectivity index (χ1) is 8.66. The highest BCUT2D eigenvalue weighted by Crippen LogP contribution is 2.26. The zero-order valence-electron chi connectivity index (χ0n) is 11.2. The minimum atomic E-state index is 0.167. The standard InChI is InChI=1S/C15H21NOS/c1-11-4-3-5-14(12(11)2)16-15(17)10-13-6-8-18-9-7-13/h3-5,13H,6-10H2,1-2H3,(H,16,17). The Morgan fingerprint density at radius 1 is 1.33 bits per heavy atom. The molecule has 1 saturated heterocycles. The molecule has 98 valence electrons. The summed E-state index contributed by atoms with van der Waals surface area (Å²) in [7, 11) is 0. The lowest BCUT2D eigenvalue weighted by molar-refractivity contribution is -0.117. The quantitative estimate of drug-likeness (QED) is 0.899. The number of carbonyl (C=O) groups excluding carboxylic acids is 1. The first-order valence-corrected chi connectivity index (χ1v) is 7.76. The van der Waals surface area contributed by atoms with Crippen LogP contribution in [0.25, 0.3) is 0 Å². The summed E-state index contributed by atoms with van der Waals surface area (Å²) in [6, 6.07) is 6.05. The van der Waals surface area contributed by atoms with Crippen molar-refractivity contribution in [3.63, 3.8) is 0 Å². The zero-order chi connectivity index (χ0) is 13.0. The molecule has 0 saturated carbocycles. The highest BCUT2D eigenvalue weighted by molar-refractivity contribution is 7.99. The lowest BCUT2D eigenvalue weighted by Crippen LogP contribution is -2.20. The first kappa shape index (κ1) is 13.5. The van der Waals surface area contributed by atoms with Gasteiger partial charge in [0, 0.05) is 12.1 Å². The van der Waals surface area contributed by atoms with Gasteiger partial charge in [-0.05, 0) is 61.3 Å². The van der Waals surface area contributed by atoms with Crippen LogP contribution < -0.4 is 5.32 Å². The maximum atomic E-state index is 12.0. The fraction of sp³-hybridized carbons (Fsp3) is 0.533. The molecule has 0 bridgehead atoms. The molecule has 1 aromatic rings. The van der Waals surface area contributed by atoms with Crippen LogP contribution in [0.1, 0.15) is 30.4 Å². The monoisotopic (exact) mass is 263 g/mol. The highest BCUT2D eigenvalue weighted by atomic mass is 32.2. The number of nitrogens with one attached hydrogen (secondary N) is 1. The van der Waals surface area contributed by atoms with Crippen LogP contribution in [0.2, 0.25) is 0 Å². The molecule has 1 fully saturated rings. The van der Waals surface area contributed by atoms with Gasteiger partial charge in [0.2, 0.25) is 5.91 Å². The molecule has 1 heterocycles. The van der Waals surface area contributed by atoms with E-state index in [2.05, 4.69) is 25.2 Å². The number of aryl methyl sites for hydroxylation is 1. The predicted molar refractivity (Wildman–Crippen MR) is 79.2 cm³/mol. The Kier molecular flexibility index (Phi) is 4.70. The van der Waals surface area contributed by atoms with Gasteiger partial charge in [-0.25, -0.2) is 0 Å². The van der Waals surface area contributed by atoms with Crippen molar-refractivity contribution in [1.29, 1.82) is 0 Å². The lowest BCUT2D eigenvalue weighted by Gasteiger charge is -2.21. The molecule has 0 aromatic heterocycles. The zero-order valence-corrected chi connectivity index (χ0v) is 12.0. The second-order valence-corrected chi connectivity index (χ2v) is 6.28. The largest absolute Gasteiger partial charge is 0.326 e. The molecule has 1 aromatic carbocycles. The number of hydrogen-bond donors (Lipinski definition) is 1. The summed E-state index contributed by atoms with van der Waals surface area (Å²) in [4.78, 5) is 12.0. The van der Waals surface area contributed by atoms with Crippen molar-refractivity contribution in [3.8, 4) is 0 Å². The average molecular weight is 263 g/mol. The van der Waals surface area contributed by atoms with Crippen LogP contribution in [0.4, 0.5) is 5.69 Å². The average Bonchev–Trinajstić information content (AvgIpc) is 2.36. The van der Waals surface area contributed by atoms with Crippen molar-refractivity contribution in [2.45, 2.75) is 33.1 Å². The summed E-state index contributed by atoms with van der Waals surface area (Å²) in [5.41, 5.74) is 3.36. The van der Waals surface area contributed by atoms with Gasteiger partial charge in [0.25, 0.3) is 0 Å². The van der Waals surface area contributed by atoms with Crippen LogP contribution in [0, 0.1) is 19.8 Å². The number of amides is 1. The van der Waals surface area contributed by atoms with E-state index in [4.69, 9.17) is 0 Å². The van der Waals surface area contributed by atoms with E-state index in [0.717, 1.165) is 5.69 Å². The highest BCUT2D eigenvalue weighted by Gasteiger charge is 2.17. The maximum Gasteiger partial charge on any atom is 0.224 e. The minimum Gasteiger partial charge on any atom is -0.326 e. The third kappa shape index (κ3) is 3.52. The van der Waals surface area contributed by atoms with Gasteiger partial charge in [0.05, 0.1) is 0 Å². The van der Waals surface area contributed by atoms with Gasteiger partial charge in [0.15, 0.2) is 0 Å². The Bertz CT molecular complexity index is 425. The summed E-state index contributed by atoms with van der Waals surface area (Å²) in [6.45, 7) is 4.13. The van der Waals surface area contributed by atoms with Crippen molar-refractivity contribution in [1.82, 2.24) is 0 Å². The molecule has 0 radical (unpaired) electrons. The van der Waals surface area contributed by atoms with Crippen LogP contribution in [0.3, 0.4) is 0 Å². The molecular weight excluding hydrogens is 242 g/mol. The van der Waals surface area contributed by atoms with E-state index in [1.807, 2.05) is 23.9 Å². The molecule has 0 atom stereocenters. The molecule has 1 N–H and O–H groups in total. The maximum absolute atomic E-state index is 12.0. The third-order valence-electron chi connectivity index (χ3n) is 3.69. The van der Waals surface area contributed by atoms with E-state index in [-0.39, 0.29) is 5.91 Å². The van der Waals surface area contributed by atoms with Gasteiger partial charge in [-0.1, -0.05) is 12.1 Å². The summed E-state index contributed by atoms with van der Waals surface area (Å²) in [5, 5.41) is 3.05. The number of rotatable bonds is 3. The van der Waals surface area contributed by atoms with Crippen molar-refractivity contribution in [3.05, 3.63) is 29.3 Å². The van der Waals surface area contributed by atoms with Crippen molar-refractivity contribution in [2.75, 3.05) is 16.8 Å². The smallest absolute Gasteiger partial charge is 0.224 e. The van der Waals surface area contributed by atoms with Crippen LogP contribution in [-0.4, -0.2) is 17.4 Å². The number of benzene rings is 1. The van der Waals surface area contributed by atoms with Gasteiger partial charge in [0.1, 0.15) is 0 Å². The Balaban J connectivity index is 1.92. The molecule has 0 unspecified atom stereocenters.